The van der Waals surface area contributed by atoms with Crippen LogP contribution in [0.25, 0.3) is 21.8 Å². The van der Waals surface area contributed by atoms with Gasteiger partial charge in [0, 0.05) is 29.1 Å². The molecule has 0 saturated carbocycles. The minimum atomic E-state index is -0.108. The molecule has 1 saturated heterocycles. The third kappa shape index (κ3) is 3.33. The van der Waals surface area contributed by atoms with Crippen molar-refractivity contribution in [3.8, 4) is 21.8 Å². The van der Waals surface area contributed by atoms with Gasteiger partial charge in [-0.2, -0.15) is 5.10 Å². The number of anilines is 1. The molecule has 1 atom stereocenters. The maximum absolute atomic E-state index is 12.5. The number of thiazole rings is 1. The lowest BCUT2D eigenvalue weighted by Crippen LogP contribution is -2.35. The summed E-state index contributed by atoms with van der Waals surface area (Å²) in [7, 11) is 0. The number of aryl methyl sites for hydroxylation is 2. The number of fused-ring (bicyclic) bond motifs is 3. The van der Waals surface area contributed by atoms with Crippen LogP contribution in [0.2, 0.25) is 0 Å². The second-order valence-corrected chi connectivity index (χ2v) is 9.33. The van der Waals surface area contributed by atoms with E-state index < -0.39 is 0 Å². The molecule has 0 bridgehead atoms. The van der Waals surface area contributed by atoms with Crippen molar-refractivity contribution in [3.63, 3.8) is 0 Å². The van der Waals surface area contributed by atoms with Gasteiger partial charge in [-0.05, 0) is 65.1 Å². The van der Waals surface area contributed by atoms with Gasteiger partial charge in [0.1, 0.15) is 0 Å². The number of nitrogens with zero attached hydrogens (tertiary/aromatic N) is 4. The van der Waals surface area contributed by atoms with Gasteiger partial charge >= 0.3 is 0 Å². The molecule has 1 aliphatic heterocycles. The molecule has 0 radical (unpaired) electrons. The van der Waals surface area contributed by atoms with E-state index in [0.29, 0.717) is 5.13 Å². The van der Waals surface area contributed by atoms with Crippen LogP contribution in [0, 0.1) is 6.92 Å². The first-order chi connectivity index (χ1) is 14.5. The van der Waals surface area contributed by atoms with Crippen molar-refractivity contribution < 1.29 is 4.79 Å². The fourth-order valence-corrected chi connectivity index (χ4v) is 5.34. The number of carbonyl (C=O) groups excluding carboxylic acids is 1. The molecule has 7 nitrogen and oxygen atoms in total. The summed E-state index contributed by atoms with van der Waals surface area (Å²) >= 11 is 1.56. The SMILES string of the molecule is Cc1ccc(-c2nn(C(C)C)c3c2CCc2nc(NC(=O)[C@@H]4CCCN4)sc2-3)cn1. The lowest BCUT2D eigenvalue weighted by Gasteiger charge is -2.15. The van der Waals surface area contributed by atoms with E-state index in [1.54, 1.807) is 11.3 Å². The molecule has 1 fully saturated rings. The molecule has 156 valence electrons. The number of hydrogen-bond acceptors (Lipinski definition) is 6. The molecule has 3 aromatic rings. The Hall–Kier alpha value is -2.58. The van der Waals surface area contributed by atoms with Crippen molar-refractivity contribution in [2.75, 3.05) is 11.9 Å². The summed E-state index contributed by atoms with van der Waals surface area (Å²) in [5.74, 6) is 0.0163. The Bertz CT molecular complexity index is 1090. The molecule has 0 aromatic carbocycles. The van der Waals surface area contributed by atoms with Gasteiger partial charge < -0.3 is 10.6 Å². The second-order valence-electron chi connectivity index (χ2n) is 8.34. The third-order valence-corrected chi connectivity index (χ3v) is 6.83. The first-order valence-corrected chi connectivity index (χ1v) is 11.4. The predicted octanol–water partition coefficient (Wildman–Crippen LogP) is 3.75. The second kappa shape index (κ2) is 7.59. The molecule has 2 aliphatic rings. The lowest BCUT2D eigenvalue weighted by atomic mass is 9.95. The lowest BCUT2D eigenvalue weighted by molar-refractivity contribution is -0.117. The maximum Gasteiger partial charge on any atom is 0.243 e. The molecule has 0 spiro atoms. The summed E-state index contributed by atoms with van der Waals surface area (Å²) in [5, 5.41) is 11.9. The zero-order valence-corrected chi connectivity index (χ0v) is 18.3. The van der Waals surface area contributed by atoms with Crippen LogP contribution >= 0.6 is 11.3 Å². The Morgan fingerprint density at radius 3 is 2.90 bits per heavy atom. The first kappa shape index (κ1) is 19.4. The number of amides is 1. The van der Waals surface area contributed by atoms with E-state index in [4.69, 9.17) is 10.1 Å². The smallest absolute Gasteiger partial charge is 0.243 e. The number of nitrogens with one attached hydrogen (secondary N) is 2. The van der Waals surface area contributed by atoms with E-state index in [0.717, 1.165) is 65.4 Å². The van der Waals surface area contributed by atoms with Gasteiger partial charge in [-0.15, -0.1) is 0 Å². The van der Waals surface area contributed by atoms with Gasteiger partial charge in [0.25, 0.3) is 0 Å². The molecule has 30 heavy (non-hydrogen) atoms. The molecular formula is C22H26N6OS. The summed E-state index contributed by atoms with van der Waals surface area (Å²) in [6.45, 7) is 7.19. The Balaban J connectivity index is 1.54. The van der Waals surface area contributed by atoms with Crippen LogP contribution in [0.15, 0.2) is 18.3 Å². The first-order valence-electron chi connectivity index (χ1n) is 10.6. The standard InChI is InChI=1S/C22H26N6OS/c1-12(2)28-19-15(18(27-28)14-7-6-13(3)24-11-14)8-9-16-20(19)30-22(25-16)26-21(29)17-5-4-10-23-17/h6-7,11-12,17,23H,4-5,8-10H2,1-3H3,(H,25,26,29)/t17-/m0/s1. The van der Waals surface area contributed by atoms with Crippen LogP contribution in [0.1, 0.15) is 49.7 Å². The topological polar surface area (TPSA) is 84.7 Å². The van der Waals surface area contributed by atoms with Gasteiger partial charge in [0.15, 0.2) is 5.13 Å². The fraction of sp³-hybridized carbons (Fsp3) is 0.455. The Morgan fingerprint density at radius 2 is 2.20 bits per heavy atom. The van der Waals surface area contributed by atoms with E-state index >= 15 is 0 Å². The maximum atomic E-state index is 12.5. The van der Waals surface area contributed by atoms with Crippen molar-refractivity contribution in [3.05, 3.63) is 35.3 Å². The van der Waals surface area contributed by atoms with Crippen LogP contribution < -0.4 is 10.6 Å². The number of rotatable bonds is 4. The molecule has 0 unspecified atom stereocenters. The van der Waals surface area contributed by atoms with Gasteiger partial charge in [0.05, 0.1) is 28.0 Å². The molecule has 2 N–H and O–H groups in total. The van der Waals surface area contributed by atoms with E-state index in [2.05, 4.69) is 40.2 Å². The summed E-state index contributed by atoms with van der Waals surface area (Å²) in [6, 6.07) is 4.24. The highest BCUT2D eigenvalue weighted by atomic mass is 32.1. The molecule has 8 heteroatoms. The van der Waals surface area contributed by atoms with E-state index in [-0.39, 0.29) is 18.0 Å². The van der Waals surface area contributed by atoms with E-state index in [1.165, 1.54) is 5.56 Å². The summed E-state index contributed by atoms with van der Waals surface area (Å²) in [5.41, 5.74) is 6.49. The number of pyridine rings is 1. The van der Waals surface area contributed by atoms with Crippen molar-refractivity contribution in [1.29, 1.82) is 0 Å². The van der Waals surface area contributed by atoms with Crippen LogP contribution in [-0.4, -0.2) is 38.2 Å². The summed E-state index contributed by atoms with van der Waals surface area (Å²) < 4.78 is 2.10. The minimum Gasteiger partial charge on any atom is -0.306 e. The Morgan fingerprint density at radius 1 is 1.33 bits per heavy atom. The quantitative estimate of drug-likeness (QED) is 0.669. The predicted molar refractivity (Wildman–Crippen MR) is 119 cm³/mol. The van der Waals surface area contributed by atoms with E-state index in [1.807, 2.05) is 19.2 Å². The number of aromatic nitrogens is 4. The minimum absolute atomic E-state index is 0.0163. The zero-order chi connectivity index (χ0) is 20.8. The molecule has 4 heterocycles. The van der Waals surface area contributed by atoms with Gasteiger partial charge in [-0.1, -0.05) is 11.3 Å². The van der Waals surface area contributed by atoms with Gasteiger partial charge in [-0.25, -0.2) is 4.98 Å². The van der Waals surface area contributed by atoms with Crippen LogP contribution in [-0.2, 0) is 17.6 Å². The van der Waals surface area contributed by atoms with Gasteiger partial charge in [-0.3, -0.25) is 14.5 Å². The number of carbonyl (C=O) groups is 1. The normalized spacial score (nSPS) is 17.8. The summed E-state index contributed by atoms with van der Waals surface area (Å²) in [4.78, 5) is 22.9. The molecule has 5 rings (SSSR count). The van der Waals surface area contributed by atoms with Gasteiger partial charge in [0.2, 0.25) is 5.91 Å². The summed E-state index contributed by atoms with van der Waals surface area (Å²) in [6.07, 6.45) is 5.58. The monoisotopic (exact) mass is 422 g/mol. The van der Waals surface area contributed by atoms with E-state index in [9.17, 15) is 4.79 Å². The number of hydrogen-bond donors (Lipinski definition) is 2. The average molecular weight is 423 g/mol. The molecular weight excluding hydrogens is 396 g/mol. The molecule has 3 aromatic heterocycles. The highest BCUT2D eigenvalue weighted by molar-refractivity contribution is 7.19. The highest BCUT2D eigenvalue weighted by Crippen LogP contribution is 2.44. The fourth-order valence-electron chi connectivity index (χ4n) is 4.26. The average Bonchev–Trinajstić information content (AvgIpc) is 3.46. The van der Waals surface area contributed by atoms with Crippen LogP contribution in [0.5, 0.6) is 0 Å². The molecule has 1 aliphatic carbocycles. The van der Waals surface area contributed by atoms with Crippen molar-refractivity contribution in [2.45, 2.75) is 58.5 Å². The zero-order valence-electron chi connectivity index (χ0n) is 17.5. The van der Waals surface area contributed by atoms with Crippen LogP contribution in [0.4, 0.5) is 5.13 Å². The Labute approximate surface area is 179 Å². The van der Waals surface area contributed by atoms with Crippen molar-refractivity contribution in [1.82, 2.24) is 25.1 Å². The largest absolute Gasteiger partial charge is 0.306 e. The van der Waals surface area contributed by atoms with Crippen LogP contribution in [0.3, 0.4) is 0 Å². The highest BCUT2D eigenvalue weighted by Gasteiger charge is 2.31. The Kier molecular flexibility index (Phi) is 4.91. The molecule has 1 amide bonds. The van der Waals surface area contributed by atoms with Crippen molar-refractivity contribution >= 4 is 22.4 Å². The van der Waals surface area contributed by atoms with Crippen molar-refractivity contribution in [2.24, 2.45) is 0 Å². The third-order valence-electron chi connectivity index (χ3n) is 5.81.